The number of carbonyl (C=O) groups excluding carboxylic acids is 2. The first-order chi connectivity index (χ1) is 12.1. The summed E-state index contributed by atoms with van der Waals surface area (Å²) < 4.78 is 5.09. The number of pyridine rings is 1. The van der Waals surface area contributed by atoms with Crippen molar-refractivity contribution < 1.29 is 14.0 Å². The van der Waals surface area contributed by atoms with E-state index in [9.17, 15) is 9.59 Å². The molecular formula is C18H22N4O3. The minimum absolute atomic E-state index is 0.0788. The predicted octanol–water partition coefficient (Wildman–Crippen LogP) is 1.02. The molecule has 1 saturated heterocycles. The van der Waals surface area contributed by atoms with Crippen molar-refractivity contribution in [1.29, 1.82) is 0 Å². The molecule has 1 fully saturated rings. The van der Waals surface area contributed by atoms with Crippen LogP contribution in [0.4, 0.5) is 0 Å². The zero-order valence-corrected chi connectivity index (χ0v) is 14.2. The summed E-state index contributed by atoms with van der Waals surface area (Å²) >= 11 is 0. The maximum absolute atomic E-state index is 12.6. The molecule has 25 heavy (non-hydrogen) atoms. The standard InChI is InChI=1S/C18H22N4O3/c1-21(12-15-4-2-3-6-19-15)17(23)10-16-18(24)20-7-8-22(16)11-14-5-9-25-13-14/h2-6,9,13,16H,7-8,10-12H2,1H3,(H,20,24). The molecular weight excluding hydrogens is 320 g/mol. The van der Waals surface area contributed by atoms with Gasteiger partial charge in [0.25, 0.3) is 0 Å². The monoisotopic (exact) mass is 342 g/mol. The van der Waals surface area contributed by atoms with Gasteiger partial charge in [-0.15, -0.1) is 0 Å². The van der Waals surface area contributed by atoms with E-state index in [0.29, 0.717) is 26.2 Å². The van der Waals surface area contributed by atoms with Crippen LogP contribution in [-0.2, 0) is 22.7 Å². The summed E-state index contributed by atoms with van der Waals surface area (Å²) in [6.07, 6.45) is 5.13. The first kappa shape index (κ1) is 17.2. The number of hydrogen-bond acceptors (Lipinski definition) is 5. The molecule has 0 bridgehead atoms. The molecule has 1 atom stereocenters. The Balaban J connectivity index is 1.63. The molecule has 0 radical (unpaired) electrons. The maximum atomic E-state index is 12.6. The third-order valence-electron chi connectivity index (χ3n) is 4.33. The Hall–Kier alpha value is -2.67. The smallest absolute Gasteiger partial charge is 0.237 e. The van der Waals surface area contributed by atoms with E-state index in [0.717, 1.165) is 11.3 Å². The number of furan rings is 1. The first-order valence-electron chi connectivity index (χ1n) is 8.30. The molecule has 2 aromatic heterocycles. The second kappa shape index (κ2) is 7.94. The lowest BCUT2D eigenvalue weighted by Gasteiger charge is -2.35. The highest BCUT2D eigenvalue weighted by Gasteiger charge is 2.32. The molecule has 1 aliphatic heterocycles. The number of aromatic nitrogens is 1. The van der Waals surface area contributed by atoms with E-state index >= 15 is 0 Å². The zero-order valence-electron chi connectivity index (χ0n) is 14.2. The molecule has 1 unspecified atom stereocenters. The third kappa shape index (κ3) is 4.45. The van der Waals surface area contributed by atoms with Crippen molar-refractivity contribution in [2.24, 2.45) is 0 Å². The number of nitrogens with one attached hydrogen (secondary N) is 1. The van der Waals surface area contributed by atoms with Crippen LogP contribution in [0.3, 0.4) is 0 Å². The predicted molar refractivity (Wildman–Crippen MR) is 91.2 cm³/mol. The van der Waals surface area contributed by atoms with Crippen LogP contribution in [0.25, 0.3) is 0 Å². The number of piperazine rings is 1. The summed E-state index contributed by atoms with van der Waals surface area (Å²) in [5.74, 6) is -0.181. The van der Waals surface area contributed by atoms with Gasteiger partial charge in [0, 0.05) is 38.4 Å². The molecule has 132 valence electrons. The molecule has 0 saturated carbocycles. The van der Waals surface area contributed by atoms with Crippen LogP contribution in [0, 0.1) is 0 Å². The highest BCUT2D eigenvalue weighted by atomic mass is 16.3. The van der Waals surface area contributed by atoms with Crippen molar-refractivity contribution in [3.8, 4) is 0 Å². The van der Waals surface area contributed by atoms with E-state index in [4.69, 9.17) is 4.42 Å². The van der Waals surface area contributed by atoms with Gasteiger partial charge in [0.2, 0.25) is 11.8 Å². The second-order valence-corrected chi connectivity index (χ2v) is 6.18. The normalized spacial score (nSPS) is 18.0. The van der Waals surface area contributed by atoms with Crippen molar-refractivity contribution in [3.63, 3.8) is 0 Å². The minimum Gasteiger partial charge on any atom is -0.472 e. The molecule has 7 heteroatoms. The molecule has 2 aromatic rings. The Morgan fingerprint density at radius 3 is 3.04 bits per heavy atom. The van der Waals surface area contributed by atoms with Crippen molar-refractivity contribution in [2.45, 2.75) is 25.6 Å². The molecule has 1 N–H and O–H groups in total. The fourth-order valence-electron chi connectivity index (χ4n) is 2.93. The van der Waals surface area contributed by atoms with Crippen LogP contribution in [0.15, 0.2) is 47.4 Å². The minimum atomic E-state index is -0.470. The van der Waals surface area contributed by atoms with Crippen LogP contribution < -0.4 is 5.32 Å². The van der Waals surface area contributed by atoms with Gasteiger partial charge in [0.05, 0.1) is 37.2 Å². The Morgan fingerprint density at radius 1 is 1.44 bits per heavy atom. The molecule has 1 aliphatic rings. The Bertz CT molecular complexity index is 702. The highest BCUT2D eigenvalue weighted by molar-refractivity contribution is 5.88. The van der Waals surface area contributed by atoms with Gasteiger partial charge in [0.15, 0.2) is 0 Å². The van der Waals surface area contributed by atoms with Gasteiger partial charge in [-0.1, -0.05) is 6.07 Å². The summed E-state index contributed by atoms with van der Waals surface area (Å²) in [6.45, 7) is 2.31. The van der Waals surface area contributed by atoms with E-state index in [1.165, 1.54) is 0 Å². The van der Waals surface area contributed by atoms with Gasteiger partial charge in [-0.3, -0.25) is 19.5 Å². The molecule has 7 nitrogen and oxygen atoms in total. The summed E-state index contributed by atoms with van der Waals surface area (Å²) in [7, 11) is 1.73. The van der Waals surface area contributed by atoms with Crippen molar-refractivity contribution in [2.75, 3.05) is 20.1 Å². The van der Waals surface area contributed by atoms with Gasteiger partial charge in [-0.05, 0) is 18.2 Å². The second-order valence-electron chi connectivity index (χ2n) is 6.18. The van der Waals surface area contributed by atoms with Crippen molar-refractivity contribution in [3.05, 3.63) is 54.2 Å². The van der Waals surface area contributed by atoms with E-state index in [1.807, 2.05) is 29.2 Å². The van der Waals surface area contributed by atoms with E-state index in [2.05, 4.69) is 10.3 Å². The largest absolute Gasteiger partial charge is 0.472 e. The lowest BCUT2D eigenvalue weighted by atomic mass is 10.1. The van der Waals surface area contributed by atoms with Crippen LogP contribution in [0.5, 0.6) is 0 Å². The molecule has 0 aromatic carbocycles. The average Bonchev–Trinajstić information content (AvgIpc) is 3.12. The maximum Gasteiger partial charge on any atom is 0.237 e. The molecule has 3 rings (SSSR count). The fraction of sp³-hybridized carbons (Fsp3) is 0.389. The Kier molecular flexibility index (Phi) is 5.45. The fourth-order valence-corrected chi connectivity index (χ4v) is 2.93. The van der Waals surface area contributed by atoms with Crippen molar-refractivity contribution in [1.82, 2.24) is 20.1 Å². The van der Waals surface area contributed by atoms with Gasteiger partial charge in [-0.25, -0.2) is 0 Å². The van der Waals surface area contributed by atoms with Crippen LogP contribution in [-0.4, -0.2) is 52.8 Å². The lowest BCUT2D eigenvalue weighted by molar-refractivity contribution is -0.138. The van der Waals surface area contributed by atoms with E-state index < -0.39 is 6.04 Å². The Labute approximate surface area is 146 Å². The molecule has 0 spiro atoms. The van der Waals surface area contributed by atoms with Crippen LogP contribution in [0.1, 0.15) is 17.7 Å². The average molecular weight is 342 g/mol. The summed E-state index contributed by atoms with van der Waals surface area (Å²) in [6, 6.07) is 7.01. The quantitative estimate of drug-likeness (QED) is 0.848. The molecule has 0 aliphatic carbocycles. The van der Waals surface area contributed by atoms with Gasteiger partial charge < -0.3 is 14.6 Å². The van der Waals surface area contributed by atoms with Gasteiger partial charge >= 0.3 is 0 Å². The van der Waals surface area contributed by atoms with E-state index in [-0.39, 0.29) is 18.2 Å². The van der Waals surface area contributed by atoms with Crippen LogP contribution in [0.2, 0.25) is 0 Å². The summed E-state index contributed by atoms with van der Waals surface area (Å²) in [4.78, 5) is 32.7. The summed E-state index contributed by atoms with van der Waals surface area (Å²) in [5, 5.41) is 2.85. The molecule has 2 amide bonds. The SMILES string of the molecule is CN(Cc1ccccn1)C(=O)CC1C(=O)NCCN1Cc1ccoc1. The third-order valence-corrected chi connectivity index (χ3v) is 4.33. The topological polar surface area (TPSA) is 78.7 Å². The highest BCUT2D eigenvalue weighted by Crippen LogP contribution is 2.15. The van der Waals surface area contributed by atoms with Gasteiger partial charge in [-0.2, -0.15) is 0 Å². The summed E-state index contributed by atoms with van der Waals surface area (Å²) in [5.41, 5.74) is 1.82. The number of hydrogen-bond donors (Lipinski definition) is 1. The molecule has 3 heterocycles. The number of carbonyl (C=O) groups is 2. The number of nitrogens with zero attached hydrogens (tertiary/aromatic N) is 3. The van der Waals surface area contributed by atoms with Crippen molar-refractivity contribution >= 4 is 11.8 Å². The van der Waals surface area contributed by atoms with Gasteiger partial charge in [0.1, 0.15) is 0 Å². The van der Waals surface area contributed by atoms with Crippen LogP contribution >= 0.6 is 0 Å². The first-order valence-corrected chi connectivity index (χ1v) is 8.30. The Morgan fingerprint density at radius 2 is 2.32 bits per heavy atom. The lowest BCUT2D eigenvalue weighted by Crippen LogP contribution is -2.56. The zero-order chi connectivity index (χ0) is 17.6. The number of amides is 2. The number of rotatable bonds is 6. The van der Waals surface area contributed by atoms with E-state index in [1.54, 1.807) is 30.7 Å².